The Bertz CT molecular complexity index is 640. The number of nitrogens with zero attached hydrogens (tertiary/aromatic N) is 2. The molecule has 2 aromatic heterocycles. The lowest BCUT2D eigenvalue weighted by atomic mass is 10.3. The average molecular weight is 319 g/mol. The molecule has 0 aliphatic rings. The van der Waals surface area contributed by atoms with E-state index in [0.717, 1.165) is 5.01 Å². The minimum absolute atomic E-state index is 0.229. The van der Waals surface area contributed by atoms with E-state index < -0.39 is 0 Å². The van der Waals surface area contributed by atoms with Crippen LogP contribution < -0.4 is 10.5 Å². The molecule has 0 aliphatic heterocycles. The molecule has 108 valence electrons. The van der Waals surface area contributed by atoms with Crippen molar-refractivity contribution in [2.24, 2.45) is 0 Å². The van der Waals surface area contributed by atoms with Gasteiger partial charge in [-0.3, -0.25) is 4.79 Å². The van der Waals surface area contributed by atoms with Gasteiger partial charge in [0, 0.05) is 23.2 Å². The number of benzene rings is 1. The van der Waals surface area contributed by atoms with Gasteiger partial charge in [0.25, 0.3) is 0 Å². The fourth-order valence-electron chi connectivity index (χ4n) is 1.35. The van der Waals surface area contributed by atoms with Gasteiger partial charge < -0.3 is 10.5 Å². The molecule has 5 nitrogen and oxygen atoms in total. The van der Waals surface area contributed by atoms with E-state index in [1.807, 2.05) is 29.0 Å². The second-order valence-corrected chi connectivity index (χ2v) is 5.67. The molecule has 0 bridgehead atoms. The highest BCUT2D eigenvalue weighted by atomic mass is 32.1. The van der Waals surface area contributed by atoms with Crippen molar-refractivity contribution >= 4 is 33.8 Å². The number of esters is 1. The number of para-hydroxylation sites is 1. The molecule has 2 heterocycles. The van der Waals surface area contributed by atoms with Crippen molar-refractivity contribution in [2.75, 3.05) is 5.73 Å². The van der Waals surface area contributed by atoms with Gasteiger partial charge in [0.05, 0.1) is 6.42 Å². The van der Waals surface area contributed by atoms with Crippen molar-refractivity contribution in [1.29, 1.82) is 0 Å². The van der Waals surface area contributed by atoms with E-state index in [1.165, 1.54) is 22.7 Å². The third kappa shape index (κ3) is 5.72. The Balaban J connectivity index is 0.000000225. The molecular formula is C14H13N3O2S2. The largest absolute Gasteiger partial charge is 0.426 e. The van der Waals surface area contributed by atoms with Crippen molar-refractivity contribution < 1.29 is 9.53 Å². The summed E-state index contributed by atoms with van der Waals surface area (Å²) in [6, 6.07) is 9.02. The maximum atomic E-state index is 11.4. The van der Waals surface area contributed by atoms with Crippen LogP contribution in [0.2, 0.25) is 0 Å². The summed E-state index contributed by atoms with van der Waals surface area (Å²) in [6.07, 6.45) is 3.59. The Morgan fingerprint density at radius 2 is 1.81 bits per heavy atom. The zero-order chi connectivity index (χ0) is 14.9. The standard InChI is InChI=1S/C11H9NO2S.C3H4N2S/c13-11(8-10-12-6-7-15-10)14-9-4-2-1-3-5-9;4-3-5-1-2-6-3/h1-7H,8H2;1-2H,(H2,4,5). The highest BCUT2D eigenvalue weighted by Crippen LogP contribution is 2.11. The number of hydrogen-bond donors (Lipinski definition) is 1. The highest BCUT2D eigenvalue weighted by molar-refractivity contribution is 7.13. The monoisotopic (exact) mass is 319 g/mol. The van der Waals surface area contributed by atoms with Crippen molar-refractivity contribution in [1.82, 2.24) is 9.97 Å². The fourth-order valence-corrected chi connectivity index (χ4v) is 2.34. The molecule has 0 saturated carbocycles. The molecule has 0 unspecified atom stereocenters. The van der Waals surface area contributed by atoms with Crippen molar-refractivity contribution in [3.8, 4) is 5.75 Å². The highest BCUT2D eigenvalue weighted by Gasteiger charge is 2.07. The molecule has 1 aromatic carbocycles. The summed E-state index contributed by atoms with van der Waals surface area (Å²) in [5.74, 6) is 0.287. The predicted octanol–water partition coefficient (Wildman–Crippen LogP) is 3.02. The van der Waals surface area contributed by atoms with Crippen LogP contribution in [0.15, 0.2) is 53.5 Å². The summed E-state index contributed by atoms with van der Waals surface area (Å²) >= 11 is 2.89. The molecule has 7 heteroatoms. The quantitative estimate of drug-likeness (QED) is 0.593. The number of aromatic nitrogens is 2. The molecule has 0 amide bonds. The molecule has 3 aromatic rings. The summed E-state index contributed by atoms with van der Waals surface area (Å²) in [5, 5.41) is 5.09. The van der Waals surface area contributed by atoms with E-state index in [2.05, 4.69) is 9.97 Å². The van der Waals surface area contributed by atoms with Crippen molar-refractivity contribution in [3.63, 3.8) is 0 Å². The van der Waals surface area contributed by atoms with E-state index in [9.17, 15) is 4.79 Å². The normalized spacial score (nSPS) is 9.52. The first-order chi connectivity index (χ1) is 10.2. The predicted molar refractivity (Wildman–Crippen MR) is 84.4 cm³/mol. The number of carbonyl (C=O) groups is 1. The number of hydrogen-bond acceptors (Lipinski definition) is 7. The van der Waals surface area contributed by atoms with Crippen LogP contribution in [-0.4, -0.2) is 15.9 Å². The molecule has 0 spiro atoms. The number of ether oxygens (including phenoxy) is 1. The molecule has 0 fully saturated rings. The van der Waals surface area contributed by atoms with Gasteiger partial charge in [0.2, 0.25) is 0 Å². The van der Waals surface area contributed by atoms with Crippen LogP contribution in [0.4, 0.5) is 5.13 Å². The smallest absolute Gasteiger partial charge is 0.318 e. The molecule has 0 saturated heterocycles. The Morgan fingerprint density at radius 3 is 2.33 bits per heavy atom. The van der Waals surface area contributed by atoms with Crippen LogP contribution in [0.5, 0.6) is 5.75 Å². The molecule has 0 aliphatic carbocycles. The maximum Gasteiger partial charge on any atom is 0.318 e. The van der Waals surface area contributed by atoms with Gasteiger partial charge in [-0.05, 0) is 12.1 Å². The zero-order valence-electron chi connectivity index (χ0n) is 11.0. The van der Waals surface area contributed by atoms with Crippen molar-refractivity contribution in [3.05, 3.63) is 58.5 Å². The first-order valence-electron chi connectivity index (χ1n) is 6.03. The van der Waals surface area contributed by atoms with Crippen LogP contribution in [0.3, 0.4) is 0 Å². The first kappa shape index (κ1) is 15.1. The minimum atomic E-state index is -0.281. The van der Waals surface area contributed by atoms with E-state index in [4.69, 9.17) is 10.5 Å². The summed E-state index contributed by atoms with van der Waals surface area (Å²) in [5.41, 5.74) is 5.19. The van der Waals surface area contributed by atoms with Gasteiger partial charge in [-0.15, -0.1) is 22.7 Å². The van der Waals surface area contributed by atoms with Gasteiger partial charge in [0.1, 0.15) is 10.8 Å². The number of rotatable bonds is 3. The van der Waals surface area contributed by atoms with E-state index in [0.29, 0.717) is 10.9 Å². The number of thiazole rings is 2. The van der Waals surface area contributed by atoms with E-state index >= 15 is 0 Å². The molecule has 0 radical (unpaired) electrons. The van der Waals surface area contributed by atoms with E-state index in [1.54, 1.807) is 24.5 Å². The summed E-state index contributed by atoms with van der Waals surface area (Å²) in [6.45, 7) is 0. The SMILES string of the molecule is Nc1nccs1.O=C(Cc1nccs1)Oc1ccccc1. The molecule has 21 heavy (non-hydrogen) atoms. The fraction of sp³-hybridized carbons (Fsp3) is 0.0714. The number of nitrogens with two attached hydrogens (primary N) is 1. The molecule has 3 rings (SSSR count). The van der Waals surface area contributed by atoms with Gasteiger partial charge >= 0.3 is 5.97 Å². The van der Waals surface area contributed by atoms with E-state index in [-0.39, 0.29) is 12.4 Å². The van der Waals surface area contributed by atoms with Crippen LogP contribution in [-0.2, 0) is 11.2 Å². The second kappa shape index (κ2) is 8.13. The third-order valence-corrected chi connectivity index (χ3v) is 3.59. The van der Waals surface area contributed by atoms with Gasteiger partial charge in [0.15, 0.2) is 5.13 Å². The second-order valence-electron chi connectivity index (χ2n) is 3.76. The summed E-state index contributed by atoms with van der Waals surface area (Å²) in [7, 11) is 0. The average Bonchev–Trinajstić information content (AvgIpc) is 3.14. The van der Waals surface area contributed by atoms with Gasteiger partial charge in [-0.25, -0.2) is 9.97 Å². The molecule has 0 atom stereocenters. The summed E-state index contributed by atoms with van der Waals surface area (Å²) < 4.78 is 5.12. The Hall–Kier alpha value is -2.25. The first-order valence-corrected chi connectivity index (χ1v) is 7.79. The molecular weight excluding hydrogens is 306 g/mol. The summed E-state index contributed by atoms with van der Waals surface area (Å²) in [4.78, 5) is 19.2. The maximum absolute atomic E-state index is 11.4. The number of nitrogen functional groups attached to an aromatic ring is 1. The Morgan fingerprint density at radius 1 is 1.10 bits per heavy atom. The zero-order valence-corrected chi connectivity index (χ0v) is 12.6. The van der Waals surface area contributed by atoms with Crippen LogP contribution in [0.25, 0.3) is 0 Å². The topological polar surface area (TPSA) is 78.1 Å². The lowest BCUT2D eigenvalue weighted by molar-refractivity contribution is -0.133. The number of carbonyl (C=O) groups excluding carboxylic acids is 1. The Kier molecular flexibility index (Phi) is 5.86. The van der Waals surface area contributed by atoms with Crippen molar-refractivity contribution in [2.45, 2.75) is 6.42 Å². The third-order valence-electron chi connectivity index (χ3n) is 2.21. The Labute approximate surface area is 130 Å². The minimum Gasteiger partial charge on any atom is -0.426 e. The van der Waals surface area contributed by atoms with Gasteiger partial charge in [-0.2, -0.15) is 0 Å². The lowest BCUT2D eigenvalue weighted by Gasteiger charge is -2.01. The molecule has 2 N–H and O–H groups in total. The van der Waals surface area contributed by atoms with Crippen LogP contribution in [0.1, 0.15) is 5.01 Å². The number of anilines is 1. The van der Waals surface area contributed by atoms with Crippen LogP contribution >= 0.6 is 22.7 Å². The lowest BCUT2D eigenvalue weighted by Crippen LogP contribution is -2.10. The van der Waals surface area contributed by atoms with Crippen LogP contribution in [0, 0.1) is 0 Å². The van der Waals surface area contributed by atoms with Gasteiger partial charge in [-0.1, -0.05) is 18.2 Å².